The van der Waals surface area contributed by atoms with E-state index >= 15 is 0 Å². The lowest BCUT2D eigenvalue weighted by molar-refractivity contribution is -0.125. The van der Waals surface area contributed by atoms with Gasteiger partial charge in [0.15, 0.2) is 6.61 Å². The van der Waals surface area contributed by atoms with Crippen molar-refractivity contribution in [1.82, 2.24) is 5.32 Å². The van der Waals surface area contributed by atoms with Crippen LogP contribution in [0.25, 0.3) is 0 Å². The van der Waals surface area contributed by atoms with E-state index in [4.69, 9.17) is 4.74 Å². The van der Waals surface area contributed by atoms with E-state index in [-0.39, 0.29) is 22.7 Å². The Balaban J connectivity index is 1.25. The maximum atomic E-state index is 13.0. The van der Waals surface area contributed by atoms with Crippen LogP contribution in [-0.4, -0.2) is 30.3 Å². The monoisotopic (exact) mass is 468 g/mol. The minimum absolute atomic E-state index is 0.104. The van der Waals surface area contributed by atoms with Crippen LogP contribution < -0.4 is 10.2 Å². The summed E-state index contributed by atoms with van der Waals surface area (Å²) >= 11 is 0. The predicted octanol–water partition coefficient (Wildman–Crippen LogP) is 4.15. The number of esters is 1. The van der Waals surface area contributed by atoms with Crippen LogP contribution in [-0.2, 0) is 16.0 Å². The van der Waals surface area contributed by atoms with Crippen molar-refractivity contribution < 1.29 is 23.9 Å². The van der Waals surface area contributed by atoms with Crippen LogP contribution in [0.4, 0.5) is 5.69 Å². The van der Waals surface area contributed by atoms with Crippen molar-refractivity contribution in [3.05, 3.63) is 100 Å². The van der Waals surface area contributed by atoms with Gasteiger partial charge in [0, 0.05) is 0 Å². The van der Waals surface area contributed by atoms with Gasteiger partial charge in [-0.15, -0.1) is 0 Å². The normalized spacial score (nSPS) is 16.5. The molecule has 1 aliphatic carbocycles. The van der Waals surface area contributed by atoms with E-state index in [0.29, 0.717) is 5.69 Å². The van der Waals surface area contributed by atoms with Gasteiger partial charge in [0.1, 0.15) is 0 Å². The third-order valence-corrected chi connectivity index (χ3v) is 6.52. The SMILES string of the molecule is Cc1ccccc1N1C(=O)c2ccc(C(=O)OCC(=O)NC3CCCc4ccccc43)cc2C1=O. The van der Waals surface area contributed by atoms with Gasteiger partial charge in [-0.05, 0) is 67.1 Å². The molecular formula is C28H24N2O5. The number of para-hydroxylation sites is 1. The topological polar surface area (TPSA) is 92.8 Å². The highest BCUT2D eigenvalue weighted by Gasteiger charge is 2.37. The maximum absolute atomic E-state index is 13.0. The summed E-state index contributed by atoms with van der Waals surface area (Å²) in [6.45, 7) is 1.38. The van der Waals surface area contributed by atoms with Crippen molar-refractivity contribution in [1.29, 1.82) is 0 Å². The van der Waals surface area contributed by atoms with Gasteiger partial charge in [-0.25, -0.2) is 9.69 Å². The van der Waals surface area contributed by atoms with Gasteiger partial charge >= 0.3 is 5.97 Å². The van der Waals surface area contributed by atoms with Crippen molar-refractivity contribution in [3.63, 3.8) is 0 Å². The second kappa shape index (κ2) is 9.18. The molecule has 0 spiro atoms. The number of fused-ring (bicyclic) bond motifs is 2. The van der Waals surface area contributed by atoms with Crippen molar-refractivity contribution in [2.24, 2.45) is 0 Å². The van der Waals surface area contributed by atoms with Crippen LogP contribution in [0, 0.1) is 6.92 Å². The molecule has 0 fully saturated rings. The van der Waals surface area contributed by atoms with Gasteiger partial charge in [-0.2, -0.15) is 0 Å². The van der Waals surface area contributed by atoms with E-state index in [1.165, 1.54) is 23.8 Å². The summed E-state index contributed by atoms with van der Waals surface area (Å²) in [6, 6.07) is 19.2. The van der Waals surface area contributed by atoms with E-state index < -0.39 is 30.3 Å². The molecule has 1 unspecified atom stereocenters. The fourth-order valence-electron chi connectivity index (χ4n) is 4.76. The fourth-order valence-corrected chi connectivity index (χ4v) is 4.76. The lowest BCUT2D eigenvalue weighted by atomic mass is 9.88. The number of amides is 3. The Morgan fingerprint density at radius 2 is 1.71 bits per heavy atom. The Kier molecular flexibility index (Phi) is 5.91. The standard InChI is InChI=1S/C28H24N2O5/c1-17-7-2-5-12-24(17)30-26(32)21-14-13-19(15-22(21)27(30)33)28(34)35-16-25(31)29-23-11-6-9-18-8-3-4-10-20(18)23/h2-5,7-8,10,12-15,23H,6,9,11,16H2,1H3,(H,29,31). The first-order chi connectivity index (χ1) is 16.9. The molecule has 7 nitrogen and oxygen atoms in total. The van der Waals surface area contributed by atoms with Crippen LogP contribution in [0.2, 0.25) is 0 Å². The summed E-state index contributed by atoms with van der Waals surface area (Å²) in [7, 11) is 0. The lowest BCUT2D eigenvalue weighted by Crippen LogP contribution is -2.34. The molecule has 3 aromatic rings. The van der Waals surface area contributed by atoms with E-state index in [0.717, 1.165) is 35.3 Å². The molecule has 0 saturated carbocycles. The highest BCUT2D eigenvalue weighted by atomic mass is 16.5. The van der Waals surface area contributed by atoms with Crippen molar-refractivity contribution in [3.8, 4) is 0 Å². The number of anilines is 1. The number of carbonyl (C=O) groups is 4. The number of imide groups is 1. The number of aryl methyl sites for hydroxylation is 2. The summed E-state index contributed by atoms with van der Waals surface area (Å²) in [5.41, 5.74) is 4.07. The van der Waals surface area contributed by atoms with Gasteiger partial charge in [0.25, 0.3) is 17.7 Å². The second-order valence-electron chi connectivity index (χ2n) is 8.78. The van der Waals surface area contributed by atoms with E-state index in [1.54, 1.807) is 12.1 Å². The molecule has 0 saturated heterocycles. The summed E-state index contributed by atoms with van der Waals surface area (Å²) in [5, 5.41) is 2.94. The second-order valence-corrected chi connectivity index (χ2v) is 8.78. The number of nitrogens with zero attached hydrogens (tertiary/aromatic N) is 1. The van der Waals surface area contributed by atoms with E-state index in [9.17, 15) is 19.2 Å². The fraction of sp³-hybridized carbons (Fsp3) is 0.214. The lowest BCUT2D eigenvalue weighted by Gasteiger charge is -2.26. The van der Waals surface area contributed by atoms with Gasteiger partial charge < -0.3 is 10.1 Å². The first kappa shape index (κ1) is 22.5. The molecule has 1 N–H and O–H groups in total. The third-order valence-electron chi connectivity index (χ3n) is 6.52. The summed E-state index contributed by atoms with van der Waals surface area (Å²) < 4.78 is 5.21. The molecule has 3 aromatic carbocycles. The van der Waals surface area contributed by atoms with Crippen LogP contribution in [0.5, 0.6) is 0 Å². The molecule has 3 amide bonds. The zero-order valence-corrected chi connectivity index (χ0v) is 19.2. The van der Waals surface area contributed by atoms with E-state index in [1.807, 2.05) is 37.3 Å². The number of hydrogen-bond acceptors (Lipinski definition) is 5. The van der Waals surface area contributed by atoms with Gasteiger partial charge in [0.05, 0.1) is 28.4 Å². The predicted molar refractivity (Wildman–Crippen MR) is 129 cm³/mol. The quantitative estimate of drug-likeness (QED) is 0.449. The molecule has 1 heterocycles. The number of nitrogens with one attached hydrogen (secondary N) is 1. The zero-order valence-electron chi connectivity index (χ0n) is 19.2. The van der Waals surface area contributed by atoms with Crippen LogP contribution in [0.1, 0.15) is 66.6 Å². The Morgan fingerprint density at radius 1 is 0.971 bits per heavy atom. The molecule has 1 aliphatic heterocycles. The number of hydrogen-bond donors (Lipinski definition) is 1. The number of rotatable bonds is 5. The number of benzene rings is 3. The minimum Gasteiger partial charge on any atom is -0.452 e. The minimum atomic E-state index is -0.735. The summed E-state index contributed by atoms with van der Waals surface area (Å²) in [4.78, 5) is 52.1. The molecule has 2 aliphatic rings. The van der Waals surface area contributed by atoms with E-state index in [2.05, 4.69) is 11.4 Å². The van der Waals surface area contributed by atoms with Crippen LogP contribution in [0.3, 0.4) is 0 Å². The molecule has 0 radical (unpaired) electrons. The van der Waals surface area contributed by atoms with Crippen LogP contribution in [0.15, 0.2) is 66.7 Å². The Morgan fingerprint density at radius 3 is 2.54 bits per heavy atom. The van der Waals surface area contributed by atoms with Crippen LogP contribution >= 0.6 is 0 Å². The summed E-state index contributed by atoms with van der Waals surface area (Å²) in [5.74, 6) is -2.06. The van der Waals surface area contributed by atoms with Crippen molar-refractivity contribution in [2.75, 3.05) is 11.5 Å². The van der Waals surface area contributed by atoms with Gasteiger partial charge in [-0.3, -0.25) is 14.4 Å². The largest absolute Gasteiger partial charge is 0.452 e. The Bertz CT molecular complexity index is 1360. The first-order valence-electron chi connectivity index (χ1n) is 11.6. The molecule has 0 bridgehead atoms. The average Bonchev–Trinajstić information content (AvgIpc) is 3.12. The first-order valence-corrected chi connectivity index (χ1v) is 11.6. The molecule has 5 rings (SSSR count). The smallest absolute Gasteiger partial charge is 0.338 e. The number of ether oxygens (including phenoxy) is 1. The van der Waals surface area contributed by atoms with Gasteiger partial charge in [0.2, 0.25) is 0 Å². The maximum Gasteiger partial charge on any atom is 0.338 e. The van der Waals surface area contributed by atoms with Crippen molar-refractivity contribution in [2.45, 2.75) is 32.2 Å². The Labute approximate surface area is 202 Å². The molecule has 35 heavy (non-hydrogen) atoms. The highest BCUT2D eigenvalue weighted by Crippen LogP contribution is 2.31. The average molecular weight is 469 g/mol. The van der Waals surface area contributed by atoms with Gasteiger partial charge in [-0.1, -0.05) is 42.5 Å². The highest BCUT2D eigenvalue weighted by molar-refractivity contribution is 6.34. The molecule has 0 aromatic heterocycles. The molecule has 1 atom stereocenters. The number of carbonyl (C=O) groups excluding carboxylic acids is 4. The molecule has 176 valence electrons. The Hall–Kier alpha value is -4.26. The zero-order chi connectivity index (χ0) is 24.5. The van der Waals surface area contributed by atoms with Crippen molar-refractivity contribution >= 4 is 29.4 Å². The third kappa shape index (κ3) is 4.21. The summed E-state index contributed by atoms with van der Waals surface area (Å²) in [6.07, 6.45) is 2.79. The molecule has 7 heteroatoms. The molecular weight excluding hydrogens is 444 g/mol.